The Balaban J connectivity index is 4.40. The van der Waals surface area contributed by atoms with E-state index in [1.807, 2.05) is 21.1 Å². The molecule has 306 valence electrons. The molecule has 0 fully saturated rings. The summed E-state index contributed by atoms with van der Waals surface area (Å²) < 4.78 is 33.8. The number of phosphoric acid groups is 1. The first kappa shape index (κ1) is 50.5. The predicted molar refractivity (Wildman–Crippen MR) is 213 cm³/mol. The highest BCUT2D eigenvalue weighted by Gasteiger charge is 2.21. The number of allylic oxidation sites excluding steroid dienone is 4. The van der Waals surface area contributed by atoms with Gasteiger partial charge < -0.3 is 27.9 Å². The fraction of sp³-hybridized carbons (Fsp3) is 0.857. The van der Waals surface area contributed by atoms with Crippen LogP contribution in [-0.2, 0) is 32.7 Å². The number of carbonyl (C=O) groups excluding carboxylic acids is 2. The lowest BCUT2D eigenvalue weighted by molar-refractivity contribution is -0.870. The molecule has 0 rings (SSSR count). The Morgan fingerprint density at radius 2 is 0.981 bits per heavy atom. The number of phosphoric ester groups is 1. The number of quaternary nitrogens is 1. The average Bonchev–Trinajstić information content (AvgIpc) is 3.09. The Hall–Kier alpha value is -1.51. The lowest BCUT2D eigenvalue weighted by Crippen LogP contribution is -2.37. The summed E-state index contributed by atoms with van der Waals surface area (Å²) in [5.41, 5.74) is 0. The van der Waals surface area contributed by atoms with Gasteiger partial charge in [-0.1, -0.05) is 128 Å². The number of hydrogen-bond donors (Lipinski definition) is 0. The van der Waals surface area contributed by atoms with E-state index in [-0.39, 0.29) is 26.1 Å². The van der Waals surface area contributed by atoms with Gasteiger partial charge in [-0.25, -0.2) is 0 Å². The molecule has 0 saturated carbocycles. The van der Waals surface area contributed by atoms with Crippen molar-refractivity contribution in [3.8, 4) is 0 Å². The van der Waals surface area contributed by atoms with Crippen LogP contribution in [0.2, 0.25) is 0 Å². The minimum atomic E-state index is -4.62. The fourth-order valence-electron chi connectivity index (χ4n) is 5.58. The molecule has 0 radical (unpaired) electrons. The number of unbranched alkanes of at least 4 members (excludes halogenated alkanes) is 20. The van der Waals surface area contributed by atoms with Crippen LogP contribution in [-0.4, -0.2) is 70.0 Å². The molecule has 0 amide bonds. The number of likely N-dealkylation sites (N-methyl/N-ethyl adjacent to an activating group) is 1. The van der Waals surface area contributed by atoms with E-state index in [0.29, 0.717) is 17.4 Å². The lowest BCUT2D eigenvalue weighted by atomic mass is 10.1. The van der Waals surface area contributed by atoms with E-state index in [1.54, 1.807) is 0 Å². The predicted octanol–water partition coefficient (Wildman–Crippen LogP) is 10.9. The van der Waals surface area contributed by atoms with Crippen molar-refractivity contribution in [2.75, 3.05) is 47.5 Å². The highest BCUT2D eigenvalue weighted by molar-refractivity contribution is 7.45. The summed E-state index contributed by atoms with van der Waals surface area (Å²) in [7, 11) is 1.16. The molecular formula is C42H80NO8P. The van der Waals surface area contributed by atoms with E-state index < -0.39 is 32.5 Å². The van der Waals surface area contributed by atoms with E-state index in [4.69, 9.17) is 18.5 Å². The molecule has 2 atom stereocenters. The van der Waals surface area contributed by atoms with Crippen molar-refractivity contribution in [2.24, 2.45) is 0 Å². The van der Waals surface area contributed by atoms with Gasteiger partial charge in [0.25, 0.3) is 7.82 Å². The van der Waals surface area contributed by atoms with Crippen molar-refractivity contribution >= 4 is 19.8 Å². The zero-order valence-electron chi connectivity index (χ0n) is 34.3. The normalized spacial score (nSPS) is 13.9. The Labute approximate surface area is 319 Å². The third-order valence-electron chi connectivity index (χ3n) is 8.94. The van der Waals surface area contributed by atoms with E-state index in [1.165, 1.54) is 89.9 Å². The molecule has 0 heterocycles. The molecule has 0 N–H and O–H groups in total. The van der Waals surface area contributed by atoms with Gasteiger partial charge in [0.15, 0.2) is 6.10 Å². The van der Waals surface area contributed by atoms with Crippen LogP contribution in [0.25, 0.3) is 0 Å². The standard InChI is InChI=1S/C42H80NO8P/c1-6-8-10-12-14-16-18-20-22-24-26-28-30-32-34-41(44)48-38-40(39-50-52(46,47)49-37-36-43(3,4)5)51-42(45)35-33-31-29-27-25-23-21-19-17-15-13-11-9-7-2/h16-19,40H,6-15,20-39H2,1-5H3/b18-16+,19-17+. The summed E-state index contributed by atoms with van der Waals surface area (Å²) in [6.07, 6.45) is 36.2. The Morgan fingerprint density at radius 1 is 0.577 bits per heavy atom. The van der Waals surface area contributed by atoms with Crippen LogP contribution in [0.15, 0.2) is 24.3 Å². The maximum Gasteiger partial charge on any atom is 0.306 e. The summed E-state index contributed by atoms with van der Waals surface area (Å²) in [6, 6.07) is 0. The van der Waals surface area contributed by atoms with Gasteiger partial charge in [0, 0.05) is 12.8 Å². The van der Waals surface area contributed by atoms with Crippen molar-refractivity contribution in [1.29, 1.82) is 0 Å². The molecule has 0 aromatic rings. The third-order valence-corrected chi connectivity index (χ3v) is 9.91. The summed E-state index contributed by atoms with van der Waals surface area (Å²) in [5.74, 6) is -0.847. The largest absolute Gasteiger partial charge is 0.756 e. The van der Waals surface area contributed by atoms with Crippen LogP contribution in [0, 0.1) is 0 Å². The molecule has 0 aromatic carbocycles. The summed E-state index contributed by atoms with van der Waals surface area (Å²) in [5, 5.41) is 0. The van der Waals surface area contributed by atoms with Crippen LogP contribution in [0.1, 0.15) is 181 Å². The second-order valence-corrected chi connectivity index (χ2v) is 16.8. The van der Waals surface area contributed by atoms with Crippen molar-refractivity contribution in [2.45, 2.75) is 187 Å². The SMILES string of the molecule is CCCCCC/C=C/CCCCCCCCC(=O)OCC(COP(=O)([O-])OCC[N+](C)(C)C)OC(=O)CCCCCCCC/C=C/CCCCCC. The molecule has 10 heteroatoms. The zero-order chi connectivity index (χ0) is 38.6. The van der Waals surface area contributed by atoms with Gasteiger partial charge in [0.2, 0.25) is 0 Å². The smallest absolute Gasteiger partial charge is 0.306 e. The highest BCUT2D eigenvalue weighted by Crippen LogP contribution is 2.38. The van der Waals surface area contributed by atoms with Gasteiger partial charge >= 0.3 is 11.9 Å². The Morgan fingerprint density at radius 3 is 1.42 bits per heavy atom. The molecule has 52 heavy (non-hydrogen) atoms. The maximum atomic E-state index is 12.6. The summed E-state index contributed by atoms with van der Waals surface area (Å²) in [6.45, 7) is 4.18. The van der Waals surface area contributed by atoms with E-state index in [9.17, 15) is 19.0 Å². The molecular weight excluding hydrogens is 677 g/mol. The first-order valence-corrected chi connectivity index (χ1v) is 22.5. The average molecular weight is 758 g/mol. The van der Waals surface area contributed by atoms with Gasteiger partial charge in [-0.15, -0.1) is 0 Å². The molecule has 0 aliphatic carbocycles. The van der Waals surface area contributed by atoms with Crippen LogP contribution >= 0.6 is 7.82 Å². The number of carbonyl (C=O) groups is 2. The van der Waals surface area contributed by atoms with E-state index in [0.717, 1.165) is 57.8 Å². The van der Waals surface area contributed by atoms with Crippen molar-refractivity contribution in [1.82, 2.24) is 0 Å². The Kier molecular flexibility index (Phi) is 34.2. The van der Waals surface area contributed by atoms with Crippen molar-refractivity contribution < 1.29 is 42.1 Å². The Bertz CT molecular complexity index is 949. The first-order chi connectivity index (χ1) is 25.0. The molecule has 0 aliphatic heterocycles. The van der Waals surface area contributed by atoms with Crippen molar-refractivity contribution in [3.63, 3.8) is 0 Å². The molecule has 0 spiro atoms. The van der Waals surface area contributed by atoms with Crippen LogP contribution in [0.4, 0.5) is 0 Å². The molecule has 0 saturated heterocycles. The molecule has 0 aliphatic rings. The highest BCUT2D eigenvalue weighted by atomic mass is 31.2. The fourth-order valence-corrected chi connectivity index (χ4v) is 6.31. The maximum absolute atomic E-state index is 12.6. The zero-order valence-corrected chi connectivity index (χ0v) is 35.2. The topological polar surface area (TPSA) is 111 Å². The van der Waals surface area contributed by atoms with Gasteiger partial charge in [0.1, 0.15) is 19.8 Å². The molecule has 2 unspecified atom stereocenters. The number of nitrogens with zero attached hydrogens (tertiary/aromatic N) is 1. The van der Waals surface area contributed by atoms with Gasteiger partial charge in [0.05, 0.1) is 27.7 Å². The van der Waals surface area contributed by atoms with E-state index in [2.05, 4.69) is 38.2 Å². The first-order valence-electron chi connectivity index (χ1n) is 21.0. The van der Waals surface area contributed by atoms with Gasteiger partial charge in [-0.2, -0.15) is 0 Å². The molecule has 0 aromatic heterocycles. The number of rotatable bonds is 38. The van der Waals surface area contributed by atoms with Gasteiger partial charge in [-0.05, 0) is 64.2 Å². The second-order valence-electron chi connectivity index (χ2n) is 15.3. The van der Waals surface area contributed by atoms with E-state index >= 15 is 0 Å². The van der Waals surface area contributed by atoms with Gasteiger partial charge in [-0.3, -0.25) is 14.2 Å². The van der Waals surface area contributed by atoms with Crippen LogP contribution in [0.3, 0.4) is 0 Å². The number of hydrogen-bond acceptors (Lipinski definition) is 8. The quantitative estimate of drug-likeness (QED) is 0.0201. The minimum absolute atomic E-state index is 0.0320. The lowest BCUT2D eigenvalue weighted by Gasteiger charge is -2.28. The van der Waals surface area contributed by atoms with Crippen LogP contribution in [0.5, 0.6) is 0 Å². The number of ether oxygens (including phenoxy) is 2. The third kappa shape index (κ3) is 38.2. The van der Waals surface area contributed by atoms with Crippen LogP contribution < -0.4 is 4.89 Å². The second kappa shape index (κ2) is 35.2. The molecule has 9 nitrogen and oxygen atoms in total. The molecule has 0 bridgehead atoms. The number of esters is 2. The minimum Gasteiger partial charge on any atom is -0.756 e. The summed E-state index contributed by atoms with van der Waals surface area (Å²) in [4.78, 5) is 37.4. The summed E-state index contributed by atoms with van der Waals surface area (Å²) >= 11 is 0. The monoisotopic (exact) mass is 758 g/mol. The van der Waals surface area contributed by atoms with Crippen molar-refractivity contribution in [3.05, 3.63) is 24.3 Å².